The van der Waals surface area contributed by atoms with Crippen LogP contribution in [0.15, 0.2) is 11.0 Å². The third-order valence-electron chi connectivity index (χ3n) is 1.44. The lowest BCUT2D eigenvalue weighted by Gasteiger charge is -2.08. The minimum atomic E-state index is -4.81. The molecule has 0 aliphatic carbocycles. The van der Waals surface area contributed by atoms with Crippen molar-refractivity contribution in [3.63, 3.8) is 0 Å². The highest BCUT2D eigenvalue weighted by Crippen LogP contribution is 2.34. The molecule has 74 valence electrons. The van der Waals surface area contributed by atoms with Crippen LogP contribution in [0.25, 0.3) is 0 Å². The smallest absolute Gasteiger partial charge is 0.326 e. The second-order valence-corrected chi connectivity index (χ2v) is 2.71. The van der Waals surface area contributed by atoms with Crippen LogP contribution < -0.4 is 5.56 Å². The van der Waals surface area contributed by atoms with Crippen LogP contribution in [0.3, 0.4) is 0 Å². The molecule has 0 bridgehead atoms. The molecule has 1 heterocycles. The van der Waals surface area contributed by atoms with Crippen LogP contribution in [-0.4, -0.2) is 4.98 Å². The van der Waals surface area contributed by atoms with Crippen molar-refractivity contribution in [3.05, 3.63) is 32.7 Å². The van der Waals surface area contributed by atoms with Crippen molar-refractivity contribution in [1.29, 1.82) is 5.26 Å². The van der Waals surface area contributed by atoms with E-state index >= 15 is 0 Å². The van der Waals surface area contributed by atoms with Crippen molar-refractivity contribution >= 4 is 11.6 Å². The van der Waals surface area contributed by atoms with Gasteiger partial charge in [-0.3, -0.25) is 4.79 Å². The average Bonchev–Trinajstić information content (AvgIpc) is 2.07. The van der Waals surface area contributed by atoms with Crippen LogP contribution in [0.4, 0.5) is 13.2 Å². The van der Waals surface area contributed by atoms with Crippen molar-refractivity contribution < 1.29 is 13.2 Å². The monoisotopic (exact) mass is 222 g/mol. The number of H-pyrrole nitrogens is 1. The molecule has 1 rings (SSSR count). The van der Waals surface area contributed by atoms with Gasteiger partial charge in [-0.2, -0.15) is 18.4 Å². The van der Waals surface area contributed by atoms with Gasteiger partial charge in [0.25, 0.3) is 5.56 Å². The Kier molecular flexibility index (Phi) is 2.53. The van der Waals surface area contributed by atoms with Gasteiger partial charge in [0.05, 0.1) is 11.1 Å². The first-order valence-corrected chi connectivity index (χ1v) is 3.64. The van der Waals surface area contributed by atoms with Gasteiger partial charge in [0, 0.05) is 6.20 Å². The highest BCUT2D eigenvalue weighted by molar-refractivity contribution is 6.31. The van der Waals surface area contributed by atoms with Gasteiger partial charge in [0.1, 0.15) is 11.1 Å². The number of alkyl halides is 3. The van der Waals surface area contributed by atoms with E-state index in [1.807, 2.05) is 4.98 Å². The molecule has 7 heteroatoms. The Bertz CT molecular complexity index is 457. The summed E-state index contributed by atoms with van der Waals surface area (Å²) in [6.07, 6.45) is -4.13. The third-order valence-corrected chi connectivity index (χ3v) is 1.80. The molecule has 0 amide bonds. The third kappa shape index (κ3) is 1.72. The molecular weight excluding hydrogens is 221 g/mol. The number of nitriles is 1. The molecule has 0 aliphatic heterocycles. The first-order chi connectivity index (χ1) is 6.38. The van der Waals surface area contributed by atoms with Gasteiger partial charge in [-0.1, -0.05) is 11.6 Å². The second kappa shape index (κ2) is 3.35. The maximum absolute atomic E-state index is 12.3. The van der Waals surface area contributed by atoms with Crippen LogP contribution >= 0.6 is 11.6 Å². The van der Waals surface area contributed by atoms with Gasteiger partial charge < -0.3 is 4.98 Å². The molecule has 0 spiro atoms. The van der Waals surface area contributed by atoms with Gasteiger partial charge in [-0.05, 0) is 0 Å². The number of aromatic amines is 1. The van der Waals surface area contributed by atoms with E-state index in [-0.39, 0.29) is 0 Å². The van der Waals surface area contributed by atoms with Gasteiger partial charge in [-0.25, -0.2) is 0 Å². The maximum atomic E-state index is 12.3. The Morgan fingerprint density at radius 2 is 2.07 bits per heavy atom. The lowest BCUT2D eigenvalue weighted by molar-refractivity contribution is -0.137. The van der Waals surface area contributed by atoms with Crippen molar-refractivity contribution in [2.75, 3.05) is 0 Å². The molecule has 0 fully saturated rings. The van der Waals surface area contributed by atoms with Crippen molar-refractivity contribution in [1.82, 2.24) is 4.98 Å². The summed E-state index contributed by atoms with van der Waals surface area (Å²) in [5.41, 5.74) is -3.18. The van der Waals surface area contributed by atoms with Crippen molar-refractivity contribution in [2.24, 2.45) is 0 Å². The fourth-order valence-electron chi connectivity index (χ4n) is 0.870. The summed E-state index contributed by atoms with van der Waals surface area (Å²) in [6, 6.07) is 1.30. The van der Waals surface area contributed by atoms with Crippen LogP contribution in [0.5, 0.6) is 0 Å². The maximum Gasteiger partial charge on any atom is 0.419 e. The molecule has 0 aliphatic rings. The standard InChI is InChI=1S/C7H2ClF3N2O/c8-5-4(7(9,10)11)3(1-12)2-13-6(5)14/h2H,(H,13,14). The predicted octanol–water partition coefficient (Wildman–Crippen LogP) is 1.92. The Hall–Kier alpha value is -1.48. The first-order valence-electron chi connectivity index (χ1n) is 3.26. The summed E-state index contributed by atoms with van der Waals surface area (Å²) in [5, 5.41) is 7.35. The van der Waals surface area contributed by atoms with E-state index in [2.05, 4.69) is 0 Å². The van der Waals surface area contributed by atoms with Gasteiger partial charge in [-0.15, -0.1) is 0 Å². The second-order valence-electron chi connectivity index (χ2n) is 2.33. The zero-order valence-electron chi connectivity index (χ0n) is 6.44. The van der Waals surface area contributed by atoms with Gasteiger partial charge in [0.15, 0.2) is 0 Å². The minimum absolute atomic E-state index is 0.678. The lowest BCUT2D eigenvalue weighted by atomic mass is 10.1. The summed E-state index contributed by atoms with van der Waals surface area (Å²) < 4.78 is 36.9. The van der Waals surface area contributed by atoms with Gasteiger partial charge >= 0.3 is 6.18 Å². The summed E-state index contributed by atoms with van der Waals surface area (Å²) in [5.74, 6) is 0. The van der Waals surface area contributed by atoms with E-state index in [4.69, 9.17) is 16.9 Å². The molecule has 0 unspecified atom stereocenters. The number of hydrogen-bond acceptors (Lipinski definition) is 2. The molecule has 0 saturated heterocycles. The first kappa shape index (κ1) is 10.6. The number of halogens is 4. The molecule has 1 aromatic rings. The van der Waals surface area contributed by atoms with E-state index in [9.17, 15) is 18.0 Å². The van der Waals surface area contributed by atoms with E-state index in [1.165, 1.54) is 6.07 Å². The van der Waals surface area contributed by atoms with Crippen molar-refractivity contribution in [3.8, 4) is 6.07 Å². The zero-order valence-corrected chi connectivity index (χ0v) is 7.20. The normalized spacial score (nSPS) is 11.1. The Morgan fingerprint density at radius 3 is 2.50 bits per heavy atom. The molecule has 0 atom stereocenters. The number of nitrogens with zero attached hydrogens (tertiary/aromatic N) is 1. The van der Waals surface area contributed by atoms with Crippen LogP contribution in [-0.2, 0) is 6.18 Å². The number of rotatable bonds is 0. The van der Waals surface area contributed by atoms with E-state index in [0.29, 0.717) is 6.20 Å². The summed E-state index contributed by atoms with van der Waals surface area (Å²) in [6.45, 7) is 0. The molecule has 1 aromatic heterocycles. The Morgan fingerprint density at radius 1 is 1.50 bits per heavy atom. The number of aromatic nitrogens is 1. The quantitative estimate of drug-likeness (QED) is 0.729. The van der Waals surface area contributed by atoms with Crippen molar-refractivity contribution in [2.45, 2.75) is 6.18 Å². The molecule has 3 nitrogen and oxygen atoms in total. The lowest BCUT2D eigenvalue weighted by Crippen LogP contribution is -2.17. The molecule has 1 N–H and O–H groups in total. The zero-order chi connectivity index (χ0) is 10.9. The van der Waals surface area contributed by atoms with Crippen LogP contribution in [0.1, 0.15) is 11.1 Å². The summed E-state index contributed by atoms with van der Waals surface area (Å²) in [4.78, 5) is 12.7. The van der Waals surface area contributed by atoms with E-state index in [0.717, 1.165) is 0 Å². The molecular formula is C7H2ClF3N2O. The Balaban J connectivity index is 3.63. The largest absolute Gasteiger partial charge is 0.419 e. The number of nitrogens with one attached hydrogen (secondary N) is 1. The van der Waals surface area contributed by atoms with Crippen LogP contribution in [0, 0.1) is 11.3 Å². The Labute approximate surface area is 80.7 Å². The SMILES string of the molecule is N#Cc1c[nH]c(=O)c(Cl)c1C(F)(F)F. The summed E-state index contributed by atoms with van der Waals surface area (Å²) in [7, 11) is 0. The molecule has 0 aromatic carbocycles. The molecule has 14 heavy (non-hydrogen) atoms. The highest BCUT2D eigenvalue weighted by atomic mass is 35.5. The average molecular weight is 223 g/mol. The topological polar surface area (TPSA) is 56.6 Å². The fourth-order valence-corrected chi connectivity index (χ4v) is 1.13. The predicted molar refractivity (Wildman–Crippen MR) is 41.8 cm³/mol. The highest BCUT2D eigenvalue weighted by Gasteiger charge is 2.37. The number of pyridine rings is 1. The molecule has 0 radical (unpaired) electrons. The summed E-state index contributed by atoms with van der Waals surface area (Å²) >= 11 is 5.15. The van der Waals surface area contributed by atoms with E-state index < -0.39 is 27.9 Å². The van der Waals surface area contributed by atoms with Crippen LogP contribution in [0.2, 0.25) is 5.02 Å². The van der Waals surface area contributed by atoms with Gasteiger partial charge in [0.2, 0.25) is 0 Å². The number of hydrogen-bond donors (Lipinski definition) is 1. The fraction of sp³-hybridized carbons (Fsp3) is 0.143. The van der Waals surface area contributed by atoms with E-state index in [1.54, 1.807) is 0 Å². The molecule has 0 saturated carbocycles. The minimum Gasteiger partial charge on any atom is -0.326 e.